The Kier molecular flexibility index (Phi) is 18.5. The van der Waals surface area contributed by atoms with Gasteiger partial charge in [-0.2, -0.15) is 0 Å². The molecule has 1 aromatic rings. The Labute approximate surface area is 238 Å². The second-order valence-corrected chi connectivity index (χ2v) is 11.3. The number of nitrogens with one attached hydrogen (secondary N) is 1. The molecule has 1 aliphatic rings. The van der Waals surface area contributed by atoms with Crippen molar-refractivity contribution in [2.24, 2.45) is 0 Å². The minimum Gasteiger partial charge on any atom is -0.731 e. The van der Waals surface area contributed by atoms with Gasteiger partial charge in [0.1, 0.15) is 6.17 Å². The third-order valence-electron chi connectivity index (χ3n) is 7.07. The van der Waals surface area contributed by atoms with E-state index in [4.69, 9.17) is 0 Å². The van der Waals surface area contributed by atoms with Gasteiger partial charge < -0.3 is 9.87 Å². The van der Waals surface area contributed by atoms with Crippen LogP contribution in [-0.4, -0.2) is 19.1 Å². The Balaban J connectivity index is 0.00000612. The number of anilines is 2. The molecule has 0 bridgehead atoms. The van der Waals surface area contributed by atoms with Crippen LogP contribution in [0.5, 0.6) is 0 Å². The molecule has 0 saturated heterocycles. The van der Waals surface area contributed by atoms with E-state index in [1.165, 1.54) is 109 Å². The summed E-state index contributed by atoms with van der Waals surface area (Å²) in [6.45, 7) is 2.28. The number of benzene rings is 1. The first-order chi connectivity index (χ1) is 16.5. The molecule has 196 valence electrons. The SMILES string of the molecule is CCCCCCCCCCCCCCCCCCCCCC1Nc2ccccc2N1S(=O)(=O)[O-].[Na+]. The summed E-state index contributed by atoms with van der Waals surface area (Å²) in [4.78, 5) is 0. The number of unbranched alkanes of at least 4 members (excludes halogenated alkanes) is 18. The number of hydrogen-bond donors (Lipinski definition) is 1. The molecule has 0 amide bonds. The maximum Gasteiger partial charge on any atom is 1.00 e. The fourth-order valence-electron chi connectivity index (χ4n) is 5.08. The van der Waals surface area contributed by atoms with E-state index < -0.39 is 16.5 Å². The van der Waals surface area contributed by atoms with Gasteiger partial charge in [-0.05, 0) is 25.0 Å². The zero-order valence-corrected chi connectivity index (χ0v) is 25.4. The van der Waals surface area contributed by atoms with Gasteiger partial charge in [0.2, 0.25) is 0 Å². The van der Waals surface area contributed by atoms with Gasteiger partial charge in [0, 0.05) is 0 Å². The first-order valence-electron chi connectivity index (χ1n) is 14.1. The van der Waals surface area contributed by atoms with E-state index in [1.807, 2.05) is 12.1 Å². The van der Waals surface area contributed by atoms with Crippen molar-refractivity contribution in [3.8, 4) is 0 Å². The molecule has 0 fully saturated rings. The number of rotatable bonds is 21. The fraction of sp³-hybridized carbons (Fsp3) is 0.786. The summed E-state index contributed by atoms with van der Waals surface area (Å²) in [6, 6.07) is 7.12. The van der Waals surface area contributed by atoms with Gasteiger partial charge in [0.15, 0.2) is 10.3 Å². The smallest absolute Gasteiger partial charge is 0.731 e. The van der Waals surface area contributed by atoms with Crippen molar-refractivity contribution < 1.29 is 42.5 Å². The maximum atomic E-state index is 11.7. The molecule has 0 spiro atoms. The Bertz CT molecular complexity index is 760. The standard InChI is InChI=1S/C28H50N2O3S.Na/c1-2-3-4-5-6-7-8-9-10-11-12-13-14-15-16-17-18-19-20-25-28-29-26-23-21-22-24-27(26)30(28)34(31,32)33;/h21-24,28-29H,2-20,25H2,1H3,(H,31,32,33);/q;+1/p-1. The van der Waals surface area contributed by atoms with E-state index in [0.717, 1.165) is 22.8 Å². The van der Waals surface area contributed by atoms with Crippen LogP contribution in [0.15, 0.2) is 24.3 Å². The summed E-state index contributed by atoms with van der Waals surface area (Å²) < 4.78 is 36.2. The van der Waals surface area contributed by atoms with E-state index in [1.54, 1.807) is 12.1 Å². The van der Waals surface area contributed by atoms with Crippen LogP contribution < -0.4 is 39.2 Å². The molecule has 1 N–H and O–H groups in total. The largest absolute Gasteiger partial charge is 1.00 e. The van der Waals surface area contributed by atoms with Gasteiger partial charge in [-0.1, -0.05) is 135 Å². The van der Waals surface area contributed by atoms with Crippen molar-refractivity contribution in [2.75, 3.05) is 9.62 Å². The molecule has 0 radical (unpaired) electrons. The minimum absolute atomic E-state index is 0. The third-order valence-corrected chi connectivity index (χ3v) is 8.00. The monoisotopic (exact) mass is 516 g/mol. The summed E-state index contributed by atoms with van der Waals surface area (Å²) >= 11 is 0. The molecule has 0 aliphatic carbocycles. The Morgan fingerprint density at radius 1 is 0.714 bits per heavy atom. The van der Waals surface area contributed by atoms with E-state index in [-0.39, 0.29) is 29.6 Å². The molecule has 1 aliphatic heterocycles. The molecule has 35 heavy (non-hydrogen) atoms. The van der Waals surface area contributed by atoms with E-state index >= 15 is 0 Å². The van der Waals surface area contributed by atoms with Crippen LogP contribution in [0.3, 0.4) is 0 Å². The van der Waals surface area contributed by atoms with Gasteiger partial charge in [-0.25, -0.2) is 8.42 Å². The number of fused-ring (bicyclic) bond motifs is 1. The van der Waals surface area contributed by atoms with Crippen LogP contribution in [-0.2, 0) is 10.3 Å². The van der Waals surface area contributed by atoms with E-state index in [9.17, 15) is 13.0 Å². The topological polar surface area (TPSA) is 72.5 Å². The van der Waals surface area contributed by atoms with Crippen molar-refractivity contribution in [3.63, 3.8) is 0 Å². The second-order valence-electron chi connectivity index (χ2n) is 10.1. The first kappa shape index (κ1) is 32.8. The normalized spacial score (nSPS) is 15.0. The maximum absolute atomic E-state index is 11.7. The zero-order valence-electron chi connectivity index (χ0n) is 22.6. The zero-order chi connectivity index (χ0) is 24.5. The number of para-hydroxylation sites is 2. The van der Waals surface area contributed by atoms with Crippen LogP contribution in [0.25, 0.3) is 0 Å². The van der Waals surface area contributed by atoms with Gasteiger partial charge in [0.25, 0.3) is 0 Å². The third kappa shape index (κ3) is 13.7. The van der Waals surface area contributed by atoms with Gasteiger partial charge in [0.05, 0.1) is 11.4 Å². The van der Waals surface area contributed by atoms with Gasteiger partial charge in [-0.15, -0.1) is 0 Å². The molecule has 1 aromatic carbocycles. The predicted molar refractivity (Wildman–Crippen MR) is 144 cm³/mol. The van der Waals surface area contributed by atoms with Crippen LogP contribution in [0.4, 0.5) is 11.4 Å². The summed E-state index contributed by atoms with van der Waals surface area (Å²) in [5.41, 5.74) is 1.20. The number of nitrogens with zero attached hydrogens (tertiary/aromatic N) is 1. The first-order valence-corrected chi connectivity index (χ1v) is 15.5. The second kappa shape index (κ2) is 19.8. The molecule has 2 rings (SSSR count). The van der Waals surface area contributed by atoms with Crippen LogP contribution >= 0.6 is 0 Å². The molecular weight excluding hydrogens is 467 g/mol. The summed E-state index contributed by atoms with van der Waals surface area (Å²) in [5, 5.41) is 3.20. The van der Waals surface area contributed by atoms with Crippen LogP contribution in [0.2, 0.25) is 0 Å². The summed E-state index contributed by atoms with van der Waals surface area (Å²) in [6.07, 6.45) is 25.6. The molecule has 0 aromatic heterocycles. The van der Waals surface area contributed by atoms with Crippen molar-refractivity contribution in [3.05, 3.63) is 24.3 Å². The van der Waals surface area contributed by atoms with Crippen molar-refractivity contribution >= 4 is 21.7 Å². The molecule has 1 heterocycles. The van der Waals surface area contributed by atoms with E-state index in [0.29, 0.717) is 12.1 Å². The predicted octanol–water partition coefficient (Wildman–Crippen LogP) is 5.53. The molecule has 1 atom stereocenters. The molecule has 0 saturated carbocycles. The molecule has 1 unspecified atom stereocenters. The van der Waals surface area contributed by atoms with Crippen LogP contribution in [0, 0.1) is 0 Å². The van der Waals surface area contributed by atoms with Gasteiger partial charge >= 0.3 is 29.6 Å². The number of hydrogen-bond acceptors (Lipinski definition) is 4. The Hall–Kier alpha value is -0.270. The summed E-state index contributed by atoms with van der Waals surface area (Å²) in [7, 11) is -4.52. The van der Waals surface area contributed by atoms with Crippen molar-refractivity contribution in [1.29, 1.82) is 0 Å². The average Bonchev–Trinajstić information content (AvgIpc) is 3.19. The molecular formula is C28H49N2NaO3S. The quantitative estimate of drug-likeness (QED) is 0.132. The van der Waals surface area contributed by atoms with Crippen molar-refractivity contribution in [2.45, 2.75) is 142 Å². The van der Waals surface area contributed by atoms with Crippen molar-refractivity contribution in [1.82, 2.24) is 0 Å². The Morgan fingerprint density at radius 3 is 1.54 bits per heavy atom. The van der Waals surface area contributed by atoms with Crippen LogP contribution in [0.1, 0.15) is 135 Å². The minimum atomic E-state index is -4.52. The summed E-state index contributed by atoms with van der Waals surface area (Å²) in [5.74, 6) is 0. The van der Waals surface area contributed by atoms with E-state index in [2.05, 4.69) is 12.2 Å². The Morgan fingerprint density at radius 2 is 1.11 bits per heavy atom. The van der Waals surface area contributed by atoms with Gasteiger partial charge in [-0.3, -0.25) is 4.31 Å². The molecule has 7 heteroatoms. The molecule has 5 nitrogen and oxygen atoms in total. The fourth-order valence-corrected chi connectivity index (χ4v) is 5.95. The average molecular weight is 517 g/mol.